The van der Waals surface area contributed by atoms with Crippen LogP contribution >= 0.6 is 0 Å². The van der Waals surface area contributed by atoms with Gasteiger partial charge in [0.1, 0.15) is 5.82 Å². The lowest BCUT2D eigenvalue weighted by atomic mass is 10.1. The van der Waals surface area contributed by atoms with E-state index in [1.807, 2.05) is 31.2 Å². The van der Waals surface area contributed by atoms with E-state index in [2.05, 4.69) is 10.6 Å². The van der Waals surface area contributed by atoms with E-state index in [-0.39, 0.29) is 23.7 Å². The van der Waals surface area contributed by atoms with Crippen LogP contribution in [0.2, 0.25) is 0 Å². The standard InChI is InChI=1S/C20H22FN3O2/c1-14-2-8-18(9-3-14)24-13-16(10-19(24)25)12-23-20(26)22-11-15-4-6-17(21)7-5-15/h2-9,16H,10-13H2,1H3,(H2,22,23,26)/t16-/m0/s1. The van der Waals surface area contributed by atoms with Gasteiger partial charge in [-0.05, 0) is 36.8 Å². The third kappa shape index (κ3) is 4.59. The molecule has 0 bridgehead atoms. The summed E-state index contributed by atoms with van der Waals surface area (Å²) in [4.78, 5) is 25.9. The first-order valence-electron chi connectivity index (χ1n) is 8.64. The van der Waals surface area contributed by atoms with Crippen LogP contribution in [0.25, 0.3) is 0 Å². The fraction of sp³-hybridized carbons (Fsp3) is 0.300. The fourth-order valence-electron chi connectivity index (χ4n) is 2.98. The molecule has 0 unspecified atom stereocenters. The van der Waals surface area contributed by atoms with Crippen molar-refractivity contribution in [2.24, 2.45) is 5.92 Å². The summed E-state index contributed by atoms with van der Waals surface area (Å²) in [6.07, 6.45) is 0.423. The van der Waals surface area contributed by atoms with Gasteiger partial charge >= 0.3 is 6.03 Å². The van der Waals surface area contributed by atoms with Crippen molar-refractivity contribution >= 4 is 17.6 Å². The average molecular weight is 355 g/mol. The van der Waals surface area contributed by atoms with E-state index in [4.69, 9.17) is 0 Å². The van der Waals surface area contributed by atoms with E-state index >= 15 is 0 Å². The van der Waals surface area contributed by atoms with Crippen LogP contribution in [0.3, 0.4) is 0 Å². The minimum absolute atomic E-state index is 0.0763. The number of benzene rings is 2. The van der Waals surface area contributed by atoms with Gasteiger partial charge in [0.05, 0.1) is 0 Å². The normalized spacial score (nSPS) is 16.6. The molecule has 0 radical (unpaired) electrons. The Morgan fingerprint density at radius 1 is 1.12 bits per heavy atom. The molecule has 3 rings (SSSR count). The fourth-order valence-corrected chi connectivity index (χ4v) is 2.98. The molecule has 1 fully saturated rings. The zero-order valence-electron chi connectivity index (χ0n) is 14.7. The smallest absolute Gasteiger partial charge is 0.315 e. The third-order valence-corrected chi connectivity index (χ3v) is 4.47. The van der Waals surface area contributed by atoms with Gasteiger partial charge in [-0.25, -0.2) is 9.18 Å². The topological polar surface area (TPSA) is 61.4 Å². The summed E-state index contributed by atoms with van der Waals surface area (Å²) in [5.41, 5.74) is 2.86. The molecule has 2 N–H and O–H groups in total. The largest absolute Gasteiger partial charge is 0.338 e. The van der Waals surface area contributed by atoms with Gasteiger partial charge in [-0.3, -0.25) is 4.79 Å². The number of hydrogen-bond donors (Lipinski definition) is 2. The lowest BCUT2D eigenvalue weighted by Gasteiger charge is -2.17. The number of halogens is 1. The summed E-state index contributed by atoms with van der Waals surface area (Å²) in [5, 5.41) is 5.54. The minimum Gasteiger partial charge on any atom is -0.338 e. The highest BCUT2D eigenvalue weighted by Crippen LogP contribution is 2.24. The number of aryl methyl sites for hydroxylation is 1. The molecule has 136 valence electrons. The summed E-state index contributed by atoms with van der Waals surface area (Å²) in [5.74, 6) is -0.144. The number of nitrogens with one attached hydrogen (secondary N) is 2. The lowest BCUT2D eigenvalue weighted by Crippen LogP contribution is -2.38. The Bertz CT molecular complexity index is 775. The quantitative estimate of drug-likeness (QED) is 0.866. The van der Waals surface area contributed by atoms with Crippen molar-refractivity contribution in [1.29, 1.82) is 0 Å². The molecular weight excluding hydrogens is 333 g/mol. The van der Waals surface area contributed by atoms with Gasteiger partial charge in [-0.15, -0.1) is 0 Å². The van der Waals surface area contributed by atoms with Crippen LogP contribution in [-0.4, -0.2) is 25.0 Å². The first-order chi connectivity index (χ1) is 12.5. The maximum Gasteiger partial charge on any atom is 0.315 e. The monoisotopic (exact) mass is 355 g/mol. The molecule has 6 heteroatoms. The van der Waals surface area contributed by atoms with Crippen LogP contribution in [0.4, 0.5) is 14.9 Å². The maximum atomic E-state index is 12.9. The third-order valence-electron chi connectivity index (χ3n) is 4.47. The number of carbonyl (C=O) groups is 2. The Hall–Kier alpha value is -2.89. The Morgan fingerprint density at radius 3 is 2.50 bits per heavy atom. The van der Waals surface area contributed by atoms with E-state index < -0.39 is 0 Å². The van der Waals surface area contributed by atoms with Crippen LogP contribution in [0, 0.1) is 18.7 Å². The number of rotatable bonds is 5. The number of hydrogen-bond acceptors (Lipinski definition) is 2. The van der Waals surface area contributed by atoms with E-state index in [1.165, 1.54) is 12.1 Å². The second-order valence-electron chi connectivity index (χ2n) is 6.60. The molecule has 2 aromatic rings. The zero-order valence-corrected chi connectivity index (χ0v) is 14.7. The van der Waals surface area contributed by atoms with Gasteiger partial charge in [0, 0.05) is 37.7 Å². The lowest BCUT2D eigenvalue weighted by molar-refractivity contribution is -0.117. The second kappa shape index (κ2) is 7.99. The van der Waals surface area contributed by atoms with E-state index in [1.54, 1.807) is 17.0 Å². The number of carbonyl (C=O) groups excluding carboxylic acids is 2. The second-order valence-corrected chi connectivity index (χ2v) is 6.60. The van der Waals surface area contributed by atoms with E-state index in [0.717, 1.165) is 16.8 Å². The van der Waals surface area contributed by atoms with Crippen molar-refractivity contribution in [3.63, 3.8) is 0 Å². The van der Waals surface area contributed by atoms with Gasteiger partial charge in [-0.2, -0.15) is 0 Å². The summed E-state index contributed by atoms with van der Waals surface area (Å²) < 4.78 is 12.9. The predicted octanol–water partition coefficient (Wildman–Crippen LogP) is 2.99. The summed E-state index contributed by atoms with van der Waals surface area (Å²) in [6.45, 7) is 3.36. The van der Waals surface area contributed by atoms with Gasteiger partial charge < -0.3 is 15.5 Å². The van der Waals surface area contributed by atoms with Crippen LogP contribution in [0.15, 0.2) is 48.5 Å². The Labute approximate surface area is 152 Å². The average Bonchev–Trinajstić information content (AvgIpc) is 3.01. The van der Waals surface area contributed by atoms with Crippen LogP contribution < -0.4 is 15.5 Å². The molecule has 3 amide bonds. The van der Waals surface area contributed by atoms with E-state index in [9.17, 15) is 14.0 Å². The number of urea groups is 1. The SMILES string of the molecule is Cc1ccc(N2C[C@H](CNC(=O)NCc3ccc(F)cc3)CC2=O)cc1. The molecule has 1 heterocycles. The Balaban J connectivity index is 1.44. The zero-order chi connectivity index (χ0) is 18.5. The predicted molar refractivity (Wildman–Crippen MR) is 98.3 cm³/mol. The van der Waals surface area contributed by atoms with Crippen molar-refractivity contribution < 1.29 is 14.0 Å². The minimum atomic E-state index is -0.303. The Kier molecular flexibility index (Phi) is 5.51. The number of anilines is 1. The molecule has 1 aliphatic rings. The molecule has 0 aromatic heterocycles. The van der Waals surface area contributed by atoms with Crippen molar-refractivity contribution in [1.82, 2.24) is 10.6 Å². The van der Waals surface area contributed by atoms with Crippen LogP contribution in [0.1, 0.15) is 17.5 Å². The van der Waals surface area contributed by atoms with Crippen molar-refractivity contribution in [2.45, 2.75) is 19.9 Å². The Morgan fingerprint density at radius 2 is 1.81 bits per heavy atom. The summed E-state index contributed by atoms with van der Waals surface area (Å²) in [6, 6.07) is 13.5. The molecule has 26 heavy (non-hydrogen) atoms. The molecule has 1 atom stereocenters. The van der Waals surface area contributed by atoms with Crippen LogP contribution in [-0.2, 0) is 11.3 Å². The molecule has 1 aliphatic heterocycles. The molecule has 5 nitrogen and oxygen atoms in total. The molecule has 0 spiro atoms. The molecule has 0 saturated carbocycles. The van der Waals surface area contributed by atoms with Gasteiger partial charge in [0.2, 0.25) is 5.91 Å². The number of amides is 3. The summed E-state index contributed by atoms with van der Waals surface area (Å²) in [7, 11) is 0. The van der Waals surface area contributed by atoms with Gasteiger partial charge in [-0.1, -0.05) is 29.8 Å². The molecule has 2 aromatic carbocycles. The molecule has 0 aliphatic carbocycles. The van der Waals surface area contributed by atoms with Crippen molar-refractivity contribution in [3.8, 4) is 0 Å². The van der Waals surface area contributed by atoms with Crippen LogP contribution in [0.5, 0.6) is 0 Å². The first kappa shape index (κ1) is 17.9. The maximum absolute atomic E-state index is 12.9. The summed E-state index contributed by atoms with van der Waals surface area (Å²) >= 11 is 0. The van der Waals surface area contributed by atoms with Crippen molar-refractivity contribution in [2.75, 3.05) is 18.0 Å². The number of nitrogens with zero attached hydrogens (tertiary/aromatic N) is 1. The highest BCUT2D eigenvalue weighted by Gasteiger charge is 2.30. The van der Waals surface area contributed by atoms with Gasteiger partial charge in [0.15, 0.2) is 0 Å². The van der Waals surface area contributed by atoms with E-state index in [0.29, 0.717) is 26.1 Å². The highest BCUT2D eigenvalue weighted by molar-refractivity contribution is 5.95. The van der Waals surface area contributed by atoms with Crippen molar-refractivity contribution in [3.05, 3.63) is 65.5 Å². The molecular formula is C20H22FN3O2. The van der Waals surface area contributed by atoms with Gasteiger partial charge in [0.25, 0.3) is 0 Å². The highest BCUT2D eigenvalue weighted by atomic mass is 19.1. The molecule has 1 saturated heterocycles. The first-order valence-corrected chi connectivity index (χ1v) is 8.64.